The lowest BCUT2D eigenvalue weighted by Crippen LogP contribution is -2.47. The number of carbonyl (C=O) groups is 2. The Bertz CT molecular complexity index is 426. The van der Waals surface area contributed by atoms with E-state index >= 15 is 0 Å². The van der Waals surface area contributed by atoms with Crippen LogP contribution in [-0.2, 0) is 11.2 Å². The summed E-state index contributed by atoms with van der Waals surface area (Å²) in [4.78, 5) is 22.8. The van der Waals surface area contributed by atoms with Crippen LogP contribution in [0.1, 0.15) is 12.0 Å². The van der Waals surface area contributed by atoms with Crippen molar-refractivity contribution in [3.63, 3.8) is 0 Å². The Hall–Kier alpha value is -1.69. The van der Waals surface area contributed by atoms with Gasteiger partial charge in [0.2, 0.25) is 0 Å². The summed E-state index contributed by atoms with van der Waals surface area (Å²) in [7, 11) is 0. The van der Waals surface area contributed by atoms with Crippen LogP contribution >= 0.6 is 11.8 Å². The largest absolute Gasteiger partial charge is 0.480 e. The fourth-order valence-corrected chi connectivity index (χ4v) is 2.11. The zero-order valence-corrected chi connectivity index (χ0v) is 12.3. The summed E-state index contributed by atoms with van der Waals surface area (Å²) in [6.45, 7) is 0.546. The molecule has 1 aromatic rings. The SMILES string of the molecule is CSCCCNC(=O)N[C@@H](Cc1ccccc1)C(=O)O. The molecule has 0 aliphatic rings. The summed E-state index contributed by atoms with van der Waals surface area (Å²) in [6, 6.07) is 7.88. The minimum Gasteiger partial charge on any atom is -0.480 e. The van der Waals surface area contributed by atoms with Crippen molar-refractivity contribution in [3.8, 4) is 0 Å². The second-order valence-corrected chi connectivity index (χ2v) is 5.31. The first kappa shape index (κ1) is 16.4. The summed E-state index contributed by atoms with van der Waals surface area (Å²) < 4.78 is 0. The highest BCUT2D eigenvalue weighted by Gasteiger charge is 2.19. The van der Waals surface area contributed by atoms with Crippen LogP contribution in [0.2, 0.25) is 0 Å². The van der Waals surface area contributed by atoms with E-state index in [1.54, 1.807) is 11.8 Å². The standard InChI is InChI=1S/C14H20N2O3S/c1-20-9-5-8-15-14(19)16-12(13(17)18)10-11-6-3-2-4-7-11/h2-4,6-7,12H,5,8-10H2,1H3,(H,17,18)(H2,15,16,19)/t12-/m0/s1. The zero-order chi connectivity index (χ0) is 14.8. The molecule has 0 saturated heterocycles. The fraction of sp³-hybridized carbons (Fsp3) is 0.429. The molecular weight excluding hydrogens is 276 g/mol. The van der Waals surface area contributed by atoms with Crippen molar-refractivity contribution in [1.29, 1.82) is 0 Å². The molecule has 0 radical (unpaired) electrons. The number of aliphatic carboxylic acids is 1. The smallest absolute Gasteiger partial charge is 0.326 e. The van der Waals surface area contributed by atoms with Crippen molar-refractivity contribution < 1.29 is 14.7 Å². The number of benzene rings is 1. The topological polar surface area (TPSA) is 78.4 Å². The van der Waals surface area contributed by atoms with E-state index in [9.17, 15) is 9.59 Å². The predicted octanol–water partition coefficient (Wildman–Crippen LogP) is 1.73. The number of carboxylic acid groups (broad SMARTS) is 1. The van der Waals surface area contributed by atoms with Crippen LogP contribution in [0.4, 0.5) is 4.79 Å². The van der Waals surface area contributed by atoms with E-state index in [0.717, 1.165) is 17.7 Å². The number of thioether (sulfide) groups is 1. The molecule has 0 bridgehead atoms. The van der Waals surface area contributed by atoms with Gasteiger partial charge in [-0.25, -0.2) is 9.59 Å². The van der Waals surface area contributed by atoms with Gasteiger partial charge in [0.1, 0.15) is 6.04 Å². The molecule has 3 N–H and O–H groups in total. The molecule has 110 valence electrons. The third kappa shape index (κ3) is 6.47. The maximum atomic E-state index is 11.6. The Morgan fingerprint density at radius 2 is 2.00 bits per heavy atom. The molecule has 6 heteroatoms. The molecule has 0 aliphatic carbocycles. The first-order valence-corrected chi connectivity index (χ1v) is 7.83. The molecule has 1 atom stereocenters. The maximum Gasteiger partial charge on any atom is 0.326 e. The van der Waals surface area contributed by atoms with E-state index in [-0.39, 0.29) is 6.42 Å². The van der Waals surface area contributed by atoms with Gasteiger partial charge in [0.05, 0.1) is 0 Å². The predicted molar refractivity (Wildman–Crippen MR) is 81.1 cm³/mol. The molecule has 2 amide bonds. The van der Waals surface area contributed by atoms with E-state index in [0.29, 0.717) is 6.54 Å². The van der Waals surface area contributed by atoms with Gasteiger partial charge in [-0.2, -0.15) is 11.8 Å². The van der Waals surface area contributed by atoms with Gasteiger partial charge in [0, 0.05) is 13.0 Å². The second-order valence-electron chi connectivity index (χ2n) is 4.33. The Kier molecular flexibility index (Phi) is 7.57. The number of carbonyl (C=O) groups excluding carboxylic acids is 1. The van der Waals surface area contributed by atoms with E-state index in [1.807, 2.05) is 36.6 Å². The van der Waals surface area contributed by atoms with E-state index in [1.165, 1.54) is 0 Å². The number of nitrogens with one attached hydrogen (secondary N) is 2. The minimum atomic E-state index is -1.03. The monoisotopic (exact) mass is 296 g/mol. The quantitative estimate of drug-likeness (QED) is 0.638. The minimum absolute atomic E-state index is 0.272. The number of rotatable bonds is 8. The summed E-state index contributed by atoms with van der Waals surface area (Å²) in [5, 5.41) is 14.3. The normalized spacial score (nSPS) is 11.7. The van der Waals surface area contributed by atoms with Crippen molar-refractivity contribution in [2.45, 2.75) is 18.9 Å². The number of urea groups is 1. The van der Waals surface area contributed by atoms with Crippen LogP contribution in [-0.4, -0.2) is 41.7 Å². The Morgan fingerprint density at radius 1 is 1.30 bits per heavy atom. The van der Waals surface area contributed by atoms with Crippen molar-refractivity contribution in [1.82, 2.24) is 10.6 Å². The van der Waals surface area contributed by atoms with Crippen LogP contribution in [0.3, 0.4) is 0 Å². The van der Waals surface area contributed by atoms with Gasteiger partial charge in [-0.1, -0.05) is 30.3 Å². The van der Waals surface area contributed by atoms with E-state index in [4.69, 9.17) is 5.11 Å². The highest BCUT2D eigenvalue weighted by Crippen LogP contribution is 2.03. The van der Waals surface area contributed by atoms with Crippen LogP contribution in [0, 0.1) is 0 Å². The first-order chi connectivity index (χ1) is 9.63. The van der Waals surface area contributed by atoms with Crippen LogP contribution < -0.4 is 10.6 Å². The van der Waals surface area contributed by atoms with Gasteiger partial charge in [-0.3, -0.25) is 0 Å². The summed E-state index contributed by atoms with van der Waals surface area (Å²) in [5.74, 6) is -0.0692. The molecular formula is C14H20N2O3S. The molecule has 0 saturated carbocycles. The average molecular weight is 296 g/mol. The molecule has 1 rings (SSSR count). The van der Waals surface area contributed by atoms with Crippen molar-refractivity contribution >= 4 is 23.8 Å². The molecule has 0 fully saturated rings. The van der Waals surface area contributed by atoms with Gasteiger partial charge >= 0.3 is 12.0 Å². The van der Waals surface area contributed by atoms with Gasteiger partial charge in [-0.15, -0.1) is 0 Å². The fourth-order valence-electron chi connectivity index (χ4n) is 1.68. The second kappa shape index (κ2) is 9.25. The van der Waals surface area contributed by atoms with Gasteiger partial charge < -0.3 is 15.7 Å². The van der Waals surface area contributed by atoms with Gasteiger partial charge in [0.25, 0.3) is 0 Å². The molecule has 0 unspecified atom stereocenters. The van der Waals surface area contributed by atoms with Crippen LogP contribution in [0.15, 0.2) is 30.3 Å². The van der Waals surface area contributed by atoms with Gasteiger partial charge in [0.15, 0.2) is 0 Å². The number of carboxylic acids is 1. The lowest BCUT2D eigenvalue weighted by atomic mass is 10.1. The summed E-state index contributed by atoms with van der Waals surface area (Å²) in [6.07, 6.45) is 3.14. The molecule has 20 heavy (non-hydrogen) atoms. The van der Waals surface area contributed by atoms with E-state index in [2.05, 4.69) is 10.6 Å². The van der Waals surface area contributed by atoms with Crippen molar-refractivity contribution in [2.75, 3.05) is 18.6 Å². The third-order valence-electron chi connectivity index (χ3n) is 2.70. The zero-order valence-electron chi connectivity index (χ0n) is 11.5. The van der Waals surface area contributed by atoms with E-state index < -0.39 is 18.0 Å². The molecule has 5 nitrogen and oxygen atoms in total. The first-order valence-electron chi connectivity index (χ1n) is 6.43. The molecule has 0 aromatic heterocycles. The molecule has 0 heterocycles. The van der Waals surface area contributed by atoms with Gasteiger partial charge in [-0.05, 0) is 24.0 Å². The Labute approximate surface area is 123 Å². The number of hydrogen-bond donors (Lipinski definition) is 3. The Balaban J connectivity index is 2.43. The number of hydrogen-bond acceptors (Lipinski definition) is 3. The Morgan fingerprint density at radius 3 is 2.60 bits per heavy atom. The van der Waals surface area contributed by atoms with Crippen LogP contribution in [0.25, 0.3) is 0 Å². The van der Waals surface area contributed by atoms with Crippen molar-refractivity contribution in [3.05, 3.63) is 35.9 Å². The third-order valence-corrected chi connectivity index (χ3v) is 3.39. The van der Waals surface area contributed by atoms with Crippen molar-refractivity contribution in [2.24, 2.45) is 0 Å². The summed E-state index contributed by atoms with van der Waals surface area (Å²) >= 11 is 1.71. The highest BCUT2D eigenvalue weighted by molar-refractivity contribution is 7.98. The lowest BCUT2D eigenvalue weighted by molar-refractivity contribution is -0.139. The summed E-state index contributed by atoms with van der Waals surface area (Å²) in [5.41, 5.74) is 0.877. The molecule has 0 spiro atoms. The lowest BCUT2D eigenvalue weighted by Gasteiger charge is -2.15. The number of amides is 2. The maximum absolute atomic E-state index is 11.6. The molecule has 0 aliphatic heterocycles. The average Bonchev–Trinajstić information content (AvgIpc) is 2.44. The highest BCUT2D eigenvalue weighted by atomic mass is 32.2. The molecule has 1 aromatic carbocycles. The van der Waals surface area contributed by atoms with Crippen LogP contribution in [0.5, 0.6) is 0 Å².